The van der Waals surface area contributed by atoms with Crippen molar-refractivity contribution in [2.24, 2.45) is 9.98 Å². The van der Waals surface area contributed by atoms with E-state index in [9.17, 15) is 19.2 Å². The van der Waals surface area contributed by atoms with E-state index in [0.29, 0.717) is 0 Å². The molecule has 98 valence electrons. The van der Waals surface area contributed by atoms with Gasteiger partial charge in [-0.1, -0.05) is 0 Å². The second-order valence-corrected chi connectivity index (χ2v) is 3.81. The molecule has 0 aliphatic heterocycles. The average Bonchev–Trinajstić information content (AvgIpc) is 2.20. The quantitative estimate of drug-likeness (QED) is 0.433. The molecule has 0 fully saturated rings. The maximum atomic E-state index is 11.0. The number of carbonyl (C=O) groups excluding carboxylic acids is 4. The lowest BCUT2D eigenvalue weighted by Crippen LogP contribution is -2.08. The van der Waals surface area contributed by atoms with Crippen molar-refractivity contribution in [3.05, 3.63) is 0 Å². The highest BCUT2D eigenvalue weighted by atomic mass is 16.2. The van der Waals surface area contributed by atoms with Gasteiger partial charge in [-0.15, -0.1) is 0 Å². The van der Waals surface area contributed by atoms with Crippen LogP contribution in [0, 0.1) is 0 Å². The standard InChI is InChI=1S/C12H16N2O4/c1-9(15)5-11(17)7-13-3-4-14-8-12(18)6-10(2)16/h3-4H,5-8H2,1-2H3. The Hall–Kier alpha value is -1.98. The Morgan fingerprint density at radius 1 is 0.778 bits per heavy atom. The first-order valence-electron chi connectivity index (χ1n) is 5.42. The van der Waals surface area contributed by atoms with Gasteiger partial charge in [-0.2, -0.15) is 0 Å². The first kappa shape index (κ1) is 16.0. The Kier molecular flexibility index (Phi) is 8.09. The molecule has 6 nitrogen and oxygen atoms in total. The largest absolute Gasteiger partial charge is 0.300 e. The summed E-state index contributed by atoms with van der Waals surface area (Å²) < 4.78 is 0. The van der Waals surface area contributed by atoms with Crippen molar-refractivity contribution in [2.45, 2.75) is 26.7 Å². The molecule has 0 rings (SSSR count). The monoisotopic (exact) mass is 252 g/mol. The summed E-state index contributed by atoms with van der Waals surface area (Å²) in [5.74, 6) is -0.919. The van der Waals surface area contributed by atoms with E-state index >= 15 is 0 Å². The van der Waals surface area contributed by atoms with Crippen molar-refractivity contribution in [3.63, 3.8) is 0 Å². The zero-order chi connectivity index (χ0) is 14.0. The van der Waals surface area contributed by atoms with Gasteiger partial charge in [-0.05, 0) is 13.8 Å². The second kappa shape index (κ2) is 9.09. The average molecular weight is 252 g/mol. The molecule has 0 aromatic heterocycles. The van der Waals surface area contributed by atoms with Gasteiger partial charge in [-0.25, -0.2) is 0 Å². The molecule has 0 saturated carbocycles. The van der Waals surface area contributed by atoms with Crippen molar-refractivity contribution < 1.29 is 19.2 Å². The highest BCUT2D eigenvalue weighted by Gasteiger charge is 2.03. The van der Waals surface area contributed by atoms with Gasteiger partial charge in [0.15, 0.2) is 11.6 Å². The molecule has 0 bridgehead atoms. The topological polar surface area (TPSA) is 93.0 Å². The summed E-state index contributed by atoms with van der Waals surface area (Å²) in [5.41, 5.74) is 0. The van der Waals surface area contributed by atoms with Gasteiger partial charge in [0.05, 0.1) is 25.9 Å². The summed E-state index contributed by atoms with van der Waals surface area (Å²) in [6, 6.07) is 0. The van der Waals surface area contributed by atoms with Crippen LogP contribution in [0.2, 0.25) is 0 Å². The zero-order valence-electron chi connectivity index (χ0n) is 10.5. The van der Waals surface area contributed by atoms with Crippen LogP contribution in [0.1, 0.15) is 26.7 Å². The van der Waals surface area contributed by atoms with E-state index in [4.69, 9.17) is 0 Å². The molecule has 0 aliphatic carbocycles. The highest BCUT2D eigenvalue weighted by molar-refractivity contribution is 6.17. The summed E-state index contributed by atoms with van der Waals surface area (Å²) in [7, 11) is 0. The van der Waals surface area contributed by atoms with Gasteiger partial charge < -0.3 is 0 Å². The van der Waals surface area contributed by atoms with Gasteiger partial charge in [0, 0.05) is 12.4 Å². The molecule has 0 amide bonds. The lowest BCUT2D eigenvalue weighted by Gasteiger charge is -1.91. The number of nitrogens with zero attached hydrogens (tertiary/aromatic N) is 2. The van der Waals surface area contributed by atoms with Gasteiger partial charge in [-0.3, -0.25) is 29.2 Å². The molecular formula is C12H16N2O4. The lowest BCUT2D eigenvalue weighted by atomic mass is 10.2. The molecule has 0 aliphatic rings. The third-order valence-electron chi connectivity index (χ3n) is 1.70. The first-order valence-corrected chi connectivity index (χ1v) is 5.42. The predicted molar refractivity (Wildman–Crippen MR) is 67.3 cm³/mol. The first-order chi connectivity index (χ1) is 8.41. The van der Waals surface area contributed by atoms with E-state index in [-0.39, 0.29) is 49.1 Å². The molecule has 0 N–H and O–H groups in total. The van der Waals surface area contributed by atoms with Crippen molar-refractivity contribution >= 4 is 35.6 Å². The van der Waals surface area contributed by atoms with E-state index in [1.54, 1.807) is 0 Å². The maximum Gasteiger partial charge on any atom is 0.161 e. The molecule has 18 heavy (non-hydrogen) atoms. The molecular weight excluding hydrogens is 236 g/mol. The Bertz CT molecular complexity index is 359. The van der Waals surface area contributed by atoms with E-state index in [1.807, 2.05) is 0 Å². The zero-order valence-corrected chi connectivity index (χ0v) is 10.5. The van der Waals surface area contributed by atoms with Crippen LogP contribution in [-0.4, -0.2) is 48.7 Å². The summed E-state index contributed by atoms with van der Waals surface area (Å²) >= 11 is 0. The summed E-state index contributed by atoms with van der Waals surface area (Å²) in [6.45, 7) is 2.52. The Morgan fingerprint density at radius 2 is 1.11 bits per heavy atom. The number of hydrogen-bond acceptors (Lipinski definition) is 6. The normalized spacial score (nSPS) is 11.0. The van der Waals surface area contributed by atoms with Crippen LogP contribution in [0.25, 0.3) is 0 Å². The van der Waals surface area contributed by atoms with E-state index < -0.39 is 0 Å². The Labute approximate surface area is 105 Å². The molecule has 0 heterocycles. The van der Waals surface area contributed by atoms with Crippen molar-refractivity contribution in [1.29, 1.82) is 0 Å². The molecule has 0 aromatic carbocycles. The fourth-order valence-electron chi connectivity index (χ4n) is 1.07. The van der Waals surface area contributed by atoms with Crippen LogP contribution in [0.4, 0.5) is 0 Å². The second-order valence-electron chi connectivity index (χ2n) is 3.81. The van der Waals surface area contributed by atoms with Gasteiger partial charge in [0.25, 0.3) is 0 Å². The Balaban J connectivity index is 3.82. The van der Waals surface area contributed by atoms with Crippen LogP contribution in [0.15, 0.2) is 9.98 Å². The molecule has 0 unspecified atom stereocenters. The van der Waals surface area contributed by atoms with Crippen LogP contribution in [0.3, 0.4) is 0 Å². The Morgan fingerprint density at radius 3 is 1.39 bits per heavy atom. The summed E-state index contributed by atoms with van der Waals surface area (Å²) in [4.78, 5) is 50.7. The molecule has 6 heteroatoms. The smallest absolute Gasteiger partial charge is 0.161 e. The summed E-state index contributed by atoms with van der Waals surface area (Å²) in [6.07, 6.45) is 2.34. The van der Waals surface area contributed by atoms with Crippen LogP contribution in [0.5, 0.6) is 0 Å². The third-order valence-corrected chi connectivity index (χ3v) is 1.70. The molecule has 0 atom stereocenters. The van der Waals surface area contributed by atoms with E-state index in [1.165, 1.54) is 26.3 Å². The number of Topliss-reactive ketones (excluding diaryl/α,β-unsaturated/α-hetero) is 4. The fraction of sp³-hybridized carbons (Fsp3) is 0.500. The number of ketones is 4. The van der Waals surface area contributed by atoms with Gasteiger partial charge >= 0.3 is 0 Å². The minimum atomic E-state index is -0.264. The number of carbonyl (C=O) groups is 4. The summed E-state index contributed by atoms with van der Waals surface area (Å²) in [5, 5.41) is 0. The van der Waals surface area contributed by atoms with Crippen LogP contribution >= 0.6 is 0 Å². The van der Waals surface area contributed by atoms with Crippen LogP contribution < -0.4 is 0 Å². The number of hydrogen-bond donors (Lipinski definition) is 0. The van der Waals surface area contributed by atoms with Gasteiger partial charge in [0.1, 0.15) is 11.6 Å². The maximum absolute atomic E-state index is 11.0. The fourth-order valence-corrected chi connectivity index (χ4v) is 1.07. The van der Waals surface area contributed by atoms with Crippen molar-refractivity contribution in [1.82, 2.24) is 0 Å². The SMILES string of the molecule is CC(=O)CC(=O)CN=CC=NCC(=O)CC(C)=O. The minimum Gasteiger partial charge on any atom is -0.300 e. The predicted octanol–water partition coefficient (Wildman–Crippen LogP) is 0.224. The lowest BCUT2D eigenvalue weighted by molar-refractivity contribution is -0.126. The molecule has 0 aromatic rings. The van der Waals surface area contributed by atoms with Gasteiger partial charge in [0.2, 0.25) is 0 Å². The molecule has 0 radical (unpaired) electrons. The molecule has 0 saturated heterocycles. The number of aliphatic imine (C=N–C) groups is 2. The van der Waals surface area contributed by atoms with E-state index in [0.717, 1.165) is 0 Å². The highest BCUT2D eigenvalue weighted by Crippen LogP contribution is 1.86. The van der Waals surface area contributed by atoms with Crippen molar-refractivity contribution in [2.75, 3.05) is 13.1 Å². The molecule has 0 spiro atoms. The van der Waals surface area contributed by atoms with E-state index in [2.05, 4.69) is 9.98 Å². The number of rotatable bonds is 9. The van der Waals surface area contributed by atoms with Crippen molar-refractivity contribution in [3.8, 4) is 0 Å². The minimum absolute atomic E-state index is 0.0764. The third kappa shape index (κ3) is 10.5. The van der Waals surface area contributed by atoms with Crippen LogP contribution in [-0.2, 0) is 19.2 Å².